The van der Waals surface area contributed by atoms with Gasteiger partial charge in [-0.15, -0.1) is 0 Å². The summed E-state index contributed by atoms with van der Waals surface area (Å²) in [6.45, 7) is 1.98. The molecule has 2 rings (SSSR count). The van der Waals surface area contributed by atoms with E-state index in [1.807, 2.05) is 0 Å². The molecule has 1 aromatic rings. The predicted octanol–water partition coefficient (Wildman–Crippen LogP) is 1.81. The van der Waals surface area contributed by atoms with Crippen molar-refractivity contribution in [3.63, 3.8) is 0 Å². The average molecular weight is 265 g/mol. The smallest absolute Gasteiger partial charge is 0.330 e. The molecule has 1 unspecified atom stereocenters. The molecule has 100 valence electrons. The Morgan fingerprint density at radius 1 is 1.47 bits per heavy atom. The molecular weight excluding hydrogens is 254 g/mol. The van der Waals surface area contributed by atoms with E-state index in [9.17, 15) is 14.9 Å². The van der Waals surface area contributed by atoms with Crippen LogP contribution in [0, 0.1) is 10.1 Å². The minimum Gasteiger partial charge on any atom is -0.463 e. The van der Waals surface area contributed by atoms with Crippen LogP contribution in [0.1, 0.15) is 6.92 Å². The number of nitro benzene ring substituents is 1. The fourth-order valence-corrected chi connectivity index (χ4v) is 1.50. The summed E-state index contributed by atoms with van der Waals surface area (Å²) in [6.07, 6.45) is 1.78. The standard InChI is InChI=1S/C12H11NO6/c1-2-17-11(14)5-6-12-18-9-4-3-8(13(15)16)7-10(9)19-12/h3-7,12H,2H2,1H3/b6-5+. The van der Waals surface area contributed by atoms with Crippen molar-refractivity contribution in [1.29, 1.82) is 0 Å². The van der Waals surface area contributed by atoms with Gasteiger partial charge < -0.3 is 14.2 Å². The summed E-state index contributed by atoms with van der Waals surface area (Å²) in [7, 11) is 0. The van der Waals surface area contributed by atoms with Crippen molar-refractivity contribution >= 4 is 11.7 Å². The summed E-state index contributed by atoms with van der Waals surface area (Å²) < 4.78 is 15.3. The van der Waals surface area contributed by atoms with Crippen LogP contribution < -0.4 is 9.47 Å². The fraction of sp³-hybridized carbons (Fsp3) is 0.250. The zero-order chi connectivity index (χ0) is 13.8. The molecule has 1 aliphatic heterocycles. The number of carbonyl (C=O) groups excluding carboxylic acids is 1. The second-order valence-electron chi connectivity index (χ2n) is 3.60. The Kier molecular flexibility index (Phi) is 3.65. The Hall–Kier alpha value is -2.57. The number of ether oxygens (including phenoxy) is 3. The number of rotatable bonds is 4. The zero-order valence-electron chi connectivity index (χ0n) is 10.1. The van der Waals surface area contributed by atoms with E-state index in [1.54, 1.807) is 6.92 Å². The Bertz CT molecular complexity index is 539. The lowest BCUT2D eigenvalue weighted by atomic mass is 10.3. The van der Waals surface area contributed by atoms with Gasteiger partial charge in [0.2, 0.25) is 0 Å². The van der Waals surface area contributed by atoms with Gasteiger partial charge in [0.1, 0.15) is 0 Å². The summed E-state index contributed by atoms with van der Waals surface area (Å²) in [5.74, 6) is 0.161. The molecule has 1 aromatic carbocycles. The van der Waals surface area contributed by atoms with Crippen molar-refractivity contribution in [3.8, 4) is 11.5 Å². The van der Waals surface area contributed by atoms with Crippen molar-refractivity contribution < 1.29 is 23.9 Å². The van der Waals surface area contributed by atoms with E-state index in [0.717, 1.165) is 0 Å². The highest BCUT2D eigenvalue weighted by atomic mass is 16.7. The molecule has 7 nitrogen and oxygen atoms in total. The predicted molar refractivity (Wildman–Crippen MR) is 63.9 cm³/mol. The monoisotopic (exact) mass is 265 g/mol. The molecular formula is C12H11NO6. The third-order valence-corrected chi connectivity index (χ3v) is 2.30. The van der Waals surface area contributed by atoms with Gasteiger partial charge in [-0.1, -0.05) is 0 Å². The number of benzene rings is 1. The maximum Gasteiger partial charge on any atom is 0.330 e. The van der Waals surface area contributed by atoms with E-state index >= 15 is 0 Å². The fourth-order valence-electron chi connectivity index (χ4n) is 1.50. The quantitative estimate of drug-likeness (QED) is 0.357. The van der Waals surface area contributed by atoms with Gasteiger partial charge in [-0.05, 0) is 13.0 Å². The number of hydrogen-bond donors (Lipinski definition) is 0. The molecule has 19 heavy (non-hydrogen) atoms. The third-order valence-electron chi connectivity index (χ3n) is 2.30. The van der Waals surface area contributed by atoms with E-state index < -0.39 is 17.2 Å². The van der Waals surface area contributed by atoms with Gasteiger partial charge in [0.05, 0.1) is 17.6 Å². The van der Waals surface area contributed by atoms with Gasteiger partial charge in [0, 0.05) is 18.2 Å². The Balaban J connectivity index is 2.04. The first-order chi connectivity index (χ1) is 9.10. The lowest BCUT2D eigenvalue weighted by molar-refractivity contribution is -0.384. The molecule has 1 heterocycles. The zero-order valence-corrected chi connectivity index (χ0v) is 10.1. The van der Waals surface area contributed by atoms with Crippen molar-refractivity contribution in [2.45, 2.75) is 13.2 Å². The summed E-state index contributed by atoms with van der Waals surface area (Å²) >= 11 is 0. The van der Waals surface area contributed by atoms with Crippen molar-refractivity contribution in [3.05, 3.63) is 40.5 Å². The van der Waals surface area contributed by atoms with Crippen LogP contribution in [0.4, 0.5) is 5.69 Å². The van der Waals surface area contributed by atoms with Gasteiger partial charge >= 0.3 is 5.97 Å². The highest BCUT2D eigenvalue weighted by molar-refractivity contribution is 5.81. The Morgan fingerprint density at radius 3 is 2.89 bits per heavy atom. The highest BCUT2D eigenvalue weighted by Gasteiger charge is 2.24. The van der Waals surface area contributed by atoms with Crippen LogP contribution in [0.2, 0.25) is 0 Å². The summed E-state index contributed by atoms with van der Waals surface area (Å²) in [6, 6.07) is 4.04. The van der Waals surface area contributed by atoms with Gasteiger partial charge in [-0.2, -0.15) is 0 Å². The molecule has 0 N–H and O–H groups in total. The summed E-state index contributed by atoms with van der Waals surface area (Å²) in [5, 5.41) is 10.6. The second-order valence-corrected chi connectivity index (χ2v) is 3.60. The lowest BCUT2D eigenvalue weighted by Gasteiger charge is -2.03. The second kappa shape index (κ2) is 5.38. The average Bonchev–Trinajstić information content (AvgIpc) is 2.78. The van der Waals surface area contributed by atoms with E-state index in [1.165, 1.54) is 30.4 Å². The van der Waals surface area contributed by atoms with E-state index in [4.69, 9.17) is 14.2 Å². The third kappa shape index (κ3) is 3.01. The van der Waals surface area contributed by atoms with Gasteiger partial charge in [0.25, 0.3) is 12.0 Å². The topological polar surface area (TPSA) is 87.9 Å². The first-order valence-electron chi connectivity index (χ1n) is 5.57. The van der Waals surface area contributed by atoms with Crippen molar-refractivity contribution in [2.75, 3.05) is 6.61 Å². The highest BCUT2D eigenvalue weighted by Crippen LogP contribution is 2.37. The largest absolute Gasteiger partial charge is 0.463 e. The van der Waals surface area contributed by atoms with Crippen molar-refractivity contribution in [2.24, 2.45) is 0 Å². The Labute approximate surface area is 108 Å². The maximum absolute atomic E-state index is 11.1. The number of hydrogen-bond acceptors (Lipinski definition) is 6. The number of nitro groups is 1. The lowest BCUT2D eigenvalue weighted by Crippen LogP contribution is -2.15. The first kappa shape index (κ1) is 12.9. The molecule has 0 fully saturated rings. The number of non-ortho nitro benzene ring substituents is 1. The van der Waals surface area contributed by atoms with Gasteiger partial charge in [0.15, 0.2) is 11.5 Å². The SMILES string of the molecule is CCOC(=O)/C=C/C1Oc2ccc([N+](=O)[O-])cc2O1. The number of carbonyl (C=O) groups is 1. The molecule has 0 saturated heterocycles. The molecule has 0 amide bonds. The first-order valence-corrected chi connectivity index (χ1v) is 5.57. The van der Waals surface area contributed by atoms with Crippen LogP contribution in [-0.2, 0) is 9.53 Å². The van der Waals surface area contributed by atoms with Gasteiger partial charge in [-0.25, -0.2) is 4.79 Å². The molecule has 7 heteroatoms. The summed E-state index contributed by atoms with van der Waals surface area (Å²) in [4.78, 5) is 21.2. The number of nitrogens with zero attached hydrogens (tertiary/aromatic N) is 1. The molecule has 0 aliphatic carbocycles. The van der Waals surface area contributed by atoms with E-state index in [0.29, 0.717) is 5.75 Å². The Morgan fingerprint density at radius 2 is 2.21 bits per heavy atom. The number of fused-ring (bicyclic) bond motifs is 1. The van der Waals surface area contributed by atoms with Crippen LogP contribution in [0.25, 0.3) is 0 Å². The molecule has 0 radical (unpaired) electrons. The van der Waals surface area contributed by atoms with E-state index in [-0.39, 0.29) is 18.0 Å². The van der Waals surface area contributed by atoms with E-state index in [2.05, 4.69) is 0 Å². The maximum atomic E-state index is 11.1. The van der Waals surface area contributed by atoms with Gasteiger partial charge in [-0.3, -0.25) is 10.1 Å². The number of esters is 1. The molecule has 0 saturated carbocycles. The van der Waals surface area contributed by atoms with Crippen LogP contribution >= 0.6 is 0 Å². The molecule has 0 bridgehead atoms. The van der Waals surface area contributed by atoms with Crippen LogP contribution in [0.3, 0.4) is 0 Å². The normalized spacial score (nSPS) is 16.6. The van der Waals surface area contributed by atoms with Crippen LogP contribution in [0.15, 0.2) is 30.4 Å². The molecule has 1 aliphatic rings. The minimum absolute atomic E-state index is 0.0858. The van der Waals surface area contributed by atoms with Crippen LogP contribution in [-0.4, -0.2) is 23.8 Å². The van der Waals surface area contributed by atoms with Crippen LogP contribution in [0.5, 0.6) is 11.5 Å². The molecule has 0 spiro atoms. The van der Waals surface area contributed by atoms with Crippen molar-refractivity contribution in [1.82, 2.24) is 0 Å². The molecule has 1 atom stereocenters. The molecule has 0 aromatic heterocycles. The minimum atomic E-state index is -0.790. The summed E-state index contributed by atoms with van der Waals surface area (Å²) in [5.41, 5.74) is -0.0858.